The van der Waals surface area contributed by atoms with Crippen molar-refractivity contribution >= 4 is 0 Å². The third-order valence-electron chi connectivity index (χ3n) is 7.66. The highest BCUT2D eigenvalue weighted by Gasteiger charge is 2.67. The molecule has 2 fully saturated rings. The molecule has 1 heteroatoms. The van der Waals surface area contributed by atoms with Gasteiger partial charge < -0.3 is 5.11 Å². The lowest BCUT2D eigenvalue weighted by Gasteiger charge is -2.63. The molecule has 4 unspecified atom stereocenters. The first-order valence-electron chi connectivity index (χ1n) is 9.73. The Labute approximate surface area is 141 Å². The van der Waals surface area contributed by atoms with E-state index < -0.39 is 0 Å². The lowest BCUT2D eigenvalue weighted by atomic mass is 9.41. The summed E-state index contributed by atoms with van der Waals surface area (Å²) in [6.07, 6.45) is 8.86. The summed E-state index contributed by atoms with van der Waals surface area (Å²) >= 11 is 0. The molecule has 0 saturated heterocycles. The Morgan fingerprint density at radius 2 is 1.96 bits per heavy atom. The highest BCUT2D eigenvalue weighted by atomic mass is 16.3. The molecule has 1 aromatic carbocycles. The molecule has 3 aliphatic rings. The Balaban J connectivity index is 1.73. The first-order chi connectivity index (χ1) is 10.9. The molecule has 0 amide bonds. The molecule has 0 spiro atoms. The average Bonchev–Trinajstić information content (AvgIpc) is 2.81. The number of hydrogen-bond donors (Lipinski definition) is 1. The van der Waals surface area contributed by atoms with Gasteiger partial charge in [-0.1, -0.05) is 46.6 Å². The van der Waals surface area contributed by atoms with E-state index in [0.717, 1.165) is 18.3 Å². The van der Waals surface area contributed by atoms with Crippen molar-refractivity contribution in [2.24, 2.45) is 22.7 Å². The van der Waals surface area contributed by atoms with E-state index in [4.69, 9.17) is 0 Å². The van der Waals surface area contributed by atoms with Crippen molar-refractivity contribution in [2.45, 2.75) is 78.6 Å². The molecule has 0 heterocycles. The fourth-order valence-electron chi connectivity index (χ4n) is 6.54. The molecule has 126 valence electrons. The molecular formula is C22H32O. The summed E-state index contributed by atoms with van der Waals surface area (Å²) in [6, 6.07) is 4.52. The number of rotatable bonds is 4. The average molecular weight is 312 g/mol. The molecule has 4 rings (SSSR count). The van der Waals surface area contributed by atoms with Gasteiger partial charge in [0.2, 0.25) is 0 Å². The summed E-state index contributed by atoms with van der Waals surface area (Å²) in [5.41, 5.74) is 4.97. The van der Waals surface area contributed by atoms with Crippen LogP contribution in [0.5, 0.6) is 5.75 Å². The van der Waals surface area contributed by atoms with Crippen molar-refractivity contribution in [3.63, 3.8) is 0 Å². The van der Waals surface area contributed by atoms with Gasteiger partial charge in [-0.15, -0.1) is 0 Å². The first kappa shape index (κ1) is 15.5. The number of phenolic OH excluding ortho intramolecular Hbond substituents is 1. The van der Waals surface area contributed by atoms with Crippen LogP contribution in [0.3, 0.4) is 0 Å². The quantitative estimate of drug-likeness (QED) is 0.693. The molecule has 1 N–H and O–H groups in total. The van der Waals surface area contributed by atoms with E-state index in [-0.39, 0.29) is 0 Å². The maximum atomic E-state index is 10.8. The van der Waals surface area contributed by atoms with Crippen molar-refractivity contribution in [3.05, 3.63) is 28.8 Å². The van der Waals surface area contributed by atoms with Crippen molar-refractivity contribution in [3.8, 4) is 5.75 Å². The van der Waals surface area contributed by atoms with Crippen molar-refractivity contribution < 1.29 is 5.11 Å². The van der Waals surface area contributed by atoms with Gasteiger partial charge in [0.15, 0.2) is 0 Å². The van der Waals surface area contributed by atoms with E-state index >= 15 is 0 Å². The van der Waals surface area contributed by atoms with Crippen LogP contribution in [0.4, 0.5) is 0 Å². The fourth-order valence-corrected chi connectivity index (χ4v) is 6.54. The van der Waals surface area contributed by atoms with Crippen LogP contribution in [-0.2, 0) is 12.8 Å². The largest absolute Gasteiger partial charge is 0.508 e. The zero-order valence-corrected chi connectivity index (χ0v) is 15.3. The standard InChI is InChI=1S/C22H32O/c1-5-6-7-8-14-11-15-13-22(4)10-9-16-19(22)20(21(16,2)3)18(15)17(23)12-14/h11-12,16,19-20,23H,5-10,13H2,1-4H3. The summed E-state index contributed by atoms with van der Waals surface area (Å²) in [4.78, 5) is 0. The predicted molar refractivity (Wildman–Crippen MR) is 95.9 cm³/mol. The number of hydrogen-bond acceptors (Lipinski definition) is 1. The van der Waals surface area contributed by atoms with E-state index in [9.17, 15) is 5.11 Å². The Bertz CT molecular complexity index is 629. The van der Waals surface area contributed by atoms with Crippen LogP contribution in [0.25, 0.3) is 0 Å². The molecule has 0 aromatic heterocycles. The smallest absolute Gasteiger partial charge is 0.119 e. The monoisotopic (exact) mass is 312 g/mol. The Hall–Kier alpha value is -0.980. The third kappa shape index (κ3) is 2.04. The van der Waals surface area contributed by atoms with Gasteiger partial charge in [0.1, 0.15) is 5.75 Å². The molecule has 1 nitrogen and oxygen atoms in total. The number of unbranched alkanes of at least 4 members (excludes halogenated alkanes) is 2. The van der Waals surface area contributed by atoms with Crippen LogP contribution < -0.4 is 0 Å². The highest BCUT2D eigenvalue weighted by molar-refractivity contribution is 5.51. The number of aryl methyl sites for hydroxylation is 1. The van der Waals surface area contributed by atoms with E-state index in [0.29, 0.717) is 22.5 Å². The number of fused-ring (bicyclic) bond motifs is 2. The Morgan fingerprint density at radius 1 is 1.17 bits per heavy atom. The molecule has 0 bridgehead atoms. The summed E-state index contributed by atoms with van der Waals surface area (Å²) in [6.45, 7) is 9.65. The van der Waals surface area contributed by atoms with Gasteiger partial charge in [-0.2, -0.15) is 0 Å². The van der Waals surface area contributed by atoms with Crippen LogP contribution in [-0.4, -0.2) is 5.11 Å². The summed E-state index contributed by atoms with van der Waals surface area (Å²) in [7, 11) is 0. The van der Waals surface area contributed by atoms with E-state index in [1.165, 1.54) is 55.2 Å². The van der Waals surface area contributed by atoms with Crippen molar-refractivity contribution in [2.75, 3.05) is 0 Å². The lowest BCUT2D eigenvalue weighted by Crippen LogP contribution is -2.56. The molecule has 4 atom stereocenters. The van der Waals surface area contributed by atoms with Crippen LogP contribution in [0.2, 0.25) is 0 Å². The van der Waals surface area contributed by atoms with Gasteiger partial charge in [-0.25, -0.2) is 0 Å². The first-order valence-corrected chi connectivity index (χ1v) is 9.73. The summed E-state index contributed by atoms with van der Waals surface area (Å²) < 4.78 is 0. The number of benzene rings is 1. The second-order valence-corrected chi connectivity index (χ2v) is 9.45. The number of aromatic hydroxyl groups is 1. The minimum atomic E-state index is 0.360. The second-order valence-electron chi connectivity index (χ2n) is 9.45. The van der Waals surface area contributed by atoms with Gasteiger partial charge in [-0.05, 0) is 77.9 Å². The van der Waals surface area contributed by atoms with Crippen LogP contribution >= 0.6 is 0 Å². The van der Waals surface area contributed by atoms with Crippen molar-refractivity contribution in [1.82, 2.24) is 0 Å². The normalized spacial score (nSPS) is 36.3. The minimum absolute atomic E-state index is 0.360. The summed E-state index contributed by atoms with van der Waals surface area (Å²) in [5, 5.41) is 10.8. The maximum Gasteiger partial charge on any atom is 0.119 e. The second kappa shape index (κ2) is 5.01. The van der Waals surface area contributed by atoms with Gasteiger partial charge in [0, 0.05) is 5.56 Å². The molecular weight excluding hydrogens is 280 g/mol. The van der Waals surface area contributed by atoms with Crippen LogP contribution in [0.1, 0.15) is 82.4 Å². The Morgan fingerprint density at radius 3 is 2.70 bits per heavy atom. The molecule has 0 aliphatic heterocycles. The van der Waals surface area contributed by atoms with E-state index in [2.05, 4.69) is 39.8 Å². The summed E-state index contributed by atoms with van der Waals surface area (Å²) in [5.74, 6) is 2.85. The molecule has 2 saturated carbocycles. The van der Waals surface area contributed by atoms with Crippen molar-refractivity contribution in [1.29, 1.82) is 0 Å². The number of phenols is 1. The van der Waals surface area contributed by atoms with Gasteiger partial charge >= 0.3 is 0 Å². The lowest BCUT2D eigenvalue weighted by molar-refractivity contribution is -0.0806. The molecule has 0 radical (unpaired) electrons. The fraction of sp³-hybridized carbons (Fsp3) is 0.727. The Kier molecular flexibility index (Phi) is 3.38. The SMILES string of the molecule is CCCCCc1cc(O)c2c(c1)CC1(C)CCC3C1C2C3(C)C. The maximum absolute atomic E-state index is 10.8. The topological polar surface area (TPSA) is 20.2 Å². The molecule has 1 aromatic rings. The van der Waals surface area contributed by atoms with Gasteiger partial charge in [0.25, 0.3) is 0 Å². The van der Waals surface area contributed by atoms with Gasteiger partial charge in [-0.3, -0.25) is 0 Å². The van der Waals surface area contributed by atoms with E-state index in [1.807, 2.05) is 0 Å². The predicted octanol–water partition coefficient (Wildman–Crippen LogP) is 5.84. The van der Waals surface area contributed by atoms with Crippen LogP contribution in [0, 0.1) is 22.7 Å². The molecule has 3 aliphatic carbocycles. The molecule has 23 heavy (non-hydrogen) atoms. The van der Waals surface area contributed by atoms with E-state index in [1.54, 1.807) is 0 Å². The zero-order chi connectivity index (χ0) is 16.4. The minimum Gasteiger partial charge on any atom is -0.508 e. The van der Waals surface area contributed by atoms with Crippen LogP contribution in [0.15, 0.2) is 12.1 Å². The van der Waals surface area contributed by atoms with Gasteiger partial charge in [0.05, 0.1) is 0 Å². The third-order valence-corrected chi connectivity index (χ3v) is 7.66. The zero-order valence-electron chi connectivity index (χ0n) is 15.3. The highest BCUT2D eigenvalue weighted by Crippen LogP contribution is 2.75.